The van der Waals surface area contributed by atoms with Gasteiger partial charge >= 0.3 is 0 Å². The Hall–Kier alpha value is -1.50. The summed E-state index contributed by atoms with van der Waals surface area (Å²) < 4.78 is 0. The molecule has 1 aromatic rings. The van der Waals surface area contributed by atoms with Gasteiger partial charge in [0.15, 0.2) is 0 Å². The summed E-state index contributed by atoms with van der Waals surface area (Å²) in [6.07, 6.45) is 10.3. The Morgan fingerprint density at radius 2 is 1.89 bits per heavy atom. The first-order chi connectivity index (χ1) is 12.9. The minimum absolute atomic E-state index is 0.0216. The van der Waals surface area contributed by atoms with E-state index in [1.165, 1.54) is 30.6 Å². The molecular weight excluding hydrogens is 360 g/mol. The molecule has 0 aliphatic heterocycles. The quantitative estimate of drug-likeness (QED) is 0.696. The predicted octanol–water partition coefficient (Wildman–Crippen LogP) is 3.68. The number of nitrogens with one attached hydrogen (secondary N) is 2. The van der Waals surface area contributed by atoms with Crippen molar-refractivity contribution in [2.45, 2.75) is 83.6 Å². The van der Waals surface area contributed by atoms with Gasteiger partial charge < -0.3 is 10.6 Å². The van der Waals surface area contributed by atoms with Crippen molar-refractivity contribution in [1.29, 1.82) is 0 Å². The van der Waals surface area contributed by atoms with Gasteiger partial charge in [-0.25, -0.2) is 0 Å². The van der Waals surface area contributed by atoms with Crippen molar-refractivity contribution in [3.05, 3.63) is 5.01 Å². The van der Waals surface area contributed by atoms with E-state index in [1.807, 2.05) is 0 Å². The fraction of sp³-hybridized carbons (Fsp3) is 0.800. The summed E-state index contributed by atoms with van der Waals surface area (Å²) in [6.45, 7) is 3.78. The fourth-order valence-corrected chi connectivity index (χ4v) is 6.99. The Bertz CT molecular complexity index is 717. The highest BCUT2D eigenvalue weighted by atomic mass is 32.1. The monoisotopic (exact) mass is 390 g/mol. The second-order valence-electron chi connectivity index (χ2n) is 9.12. The van der Waals surface area contributed by atoms with Gasteiger partial charge in [0.1, 0.15) is 5.01 Å². The standard InChI is InChI=1S/C20H30N4O2S/c1-3-4-5-6-16-23-24-18(27-16)21-17(26)19-8-14-7-15(9-19)11-20(10-14,12-19)22-13(2)25/h14-15H,3-12H2,1-2H3,(H,22,25)(H,21,24,26). The van der Waals surface area contributed by atoms with Crippen molar-refractivity contribution in [2.24, 2.45) is 17.3 Å². The van der Waals surface area contributed by atoms with Crippen LogP contribution in [0.2, 0.25) is 0 Å². The van der Waals surface area contributed by atoms with E-state index in [1.54, 1.807) is 6.92 Å². The van der Waals surface area contributed by atoms with Crippen LogP contribution in [0.5, 0.6) is 0 Å². The van der Waals surface area contributed by atoms with Crippen LogP contribution in [0.25, 0.3) is 0 Å². The smallest absolute Gasteiger partial charge is 0.232 e. The number of anilines is 1. The Kier molecular flexibility index (Phi) is 4.99. The van der Waals surface area contributed by atoms with E-state index >= 15 is 0 Å². The molecule has 2 unspecified atom stereocenters. The lowest BCUT2D eigenvalue weighted by Crippen LogP contribution is -2.65. The number of carbonyl (C=O) groups is 2. The molecule has 2 N–H and O–H groups in total. The van der Waals surface area contributed by atoms with Crippen molar-refractivity contribution < 1.29 is 9.59 Å². The second-order valence-corrected chi connectivity index (χ2v) is 10.2. The number of carbonyl (C=O) groups excluding carboxylic acids is 2. The van der Waals surface area contributed by atoms with Crippen LogP contribution < -0.4 is 10.6 Å². The van der Waals surface area contributed by atoms with Gasteiger partial charge in [0.05, 0.1) is 5.41 Å². The second kappa shape index (κ2) is 7.15. The number of amides is 2. The Morgan fingerprint density at radius 1 is 1.15 bits per heavy atom. The molecule has 1 aromatic heterocycles. The maximum atomic E-state index is 13.3. The number of aryl methyl sites for hydroxylation is 1. The minimum atomic E-state index is -0.361. The van der Waals surface area contributed by atoms with E-state index in [0.29, 0.717) is 17.0 Å². The molecule has 5 rings (SSSR count). The van der Waals surface area contributed by atoms with Crippen molar-refractivity contribution in [2.75, 3.05) is 5.32 Å². The van der Waals surface area contributed by atoms with Gasteiger partial charge in [0.2, 0.25) is 16.9 Å². The van der Waals surface area contributed by atoms with Crippen LogP contribution in [0.1, 0.15) is 76.6 Å². The third-order valence-corrected chi connectivity index (χ3v) is 7.56. The molecule has 0 saturated heterocycles. The van der Waals surface area contributed by atoms with Crippen LogP contribution in [0.4, 0.5) is 5.13 Å². The zero-order chi connectivity index (χ0) is 19.1. The summed E-state index contributed by atoms with van der Waals surface area (Å²) in [6, 6.07) is 0. The largest absolute Gasteiger partial charge is 0.351 e. The summed E-state index contributed by atoms with van der Waals surface area (Å²) in [5.41, 5.74) is -0.541. The van der Waals surface area contributed by atoms with Gasteiger partial charge in [0.25, 0.3) is 0 Å². The number of hydrogen-bond acceptors (Lipinski definition) is 5. The van der Waals surface area contributed by atoms with Gasteiger partial charge in [-0.15, -0.1) is 10.2 Å². The highest BCUT2D eigenvalue weighted by molar-refractivity contribution is 7.15. The van der Waals surface area contributed by atoms with Gasteiger partial charge in [-0.05, 0) is 56.8 Å². The maximum Gasteiger partial charge on any atom is 0.232 e. The van der Waals surface area contributed by atoms with Gasteiger partial charge in [-0.3, -0.25) is 9.59 Å². The van der Waals surface area contributed by atoms with E-state index < -0.39 is 0 Å². The van der Waals surface area contributed by atoms with E-state index in [9.17, 15) is 9.59 Å². The van der Waals surface area contributed by atoms with Gasteiger partial charge in [-0.2, -0.15) is 0 Å². The predicted molar refractivity (Wildman–Crippen MR) is 105 cm³/mol. The molecular formula is C20H30N4O2S. The summed E-state index contributed by atoms with van der Waals surface area (Å²) in [5.74, 6) is 1.20. The molecule has 4 aliphatic rings. The summed E-state index contributed by atoms with van der Waals surface area (Å²) in [5, 5.41) is 16.3. The Labute approximate surface area is 164 Å². The zero-order valence-electron chi connectivity index (χ0n) is 16.3. The minimum Gasteiger partial charge on any atom is -0.351 e. The molecule has 0 aromatic carbocycles. The Morgan fingerprint density at radius 3 is 2.56 bits per heavy atom. The molecule has 6 nitrogen and oxygen atoms in total. The lowest BCUT2D eigenvalue weighted by molar-refractivity contribution is -0.148. The van der Waals surface area contributed by atoms with E-state index in [0.717, 1.165) is 50.0 Å². The van der Waals surface area contributed by atoms with Crippen molar-refractivity contribution in [3.8, 4) is 0 Å². The zero-order valence-corrected chi connectivity index (χ0v) is 17.2. The van der Waals surface area contributed by atoms with Crippen LogP contribution in [-0.2, 0) is 16.0 Å². The molecule has 4 saturated carbocycles. The average Bonchev–Trinajstić information content (AvgIpc) is 3.00. The molecule has 0 spiro atoms. The lowest BCUT2D eigenvalue weighted by atomic mass is 9.46. The van der Waals surface area contributed by atoms with Gasteiger partial charge in [0, 0.05) is 18.9 Å². The van der Waals surface area contributed by atoms with E-state index in [4.69, 9.17) is 0 Å². The third kappa shape index (κ3) is 3.75. The van der Waals surface area contributed by atoms with Crippen molar-refractivity contribution in [3.63, 3.8) is 0 Å². The number of hydrogen-bond donors (Lipinski definition) is 2. The number of aromatic nitrogens is 2. The topological polar surface area (TPSA) is 84.0 Å². The molecule has 2 amide bonds. The highest BCUT2D eigenvalue weighted by Crippen LogP contribution is 2.61. The maximum absolute atomic E-state index is 13.3. The molecule has 4 fully saturated rings. The molecule has 1 heterocycles. The van der Waals surface area contributed by atoms with E-state index in [2.05, 4.69) is 27.8 Å². The molecule has 7 heteroatoms. The Balaban J connectivity index is 1.46. The SMILES string of the molecule is CCCCCc1nnc(NC(=O)C23CC4CC(CC(NC(C)=O)(C4)C2)C3)s1. The molecule has 4 aliphatic carbocycles. The molecule has 2 atom stereocenters. The first-order valence-electron chi connectivity index (χ1n) is 10.3. The first kappa shape index (κ1) is 18.8. The van der Waals surface area contributed by atoms with Gasteiger partial charge in [-0.1, -0.05) is 31.1 Å². The lowest BCUT2D eigenvalue weighted by Gasteiger charge is -2.61. The van der Waals surface area contributed by atoms with Crippen LogP contribution in [0.3, 0.4) is 0 Å². The third-order valence-electron chi connectivity index (χ3n) is 6.67. The normalized spacial score (nSPS) is 33.9. The van der Waals surface area contributed by atoms with Crippen LogP contribution in [0, 0.1) is 17.3 Å². The van der Waals surface area contributed by atoms with Crippen molar-refractivity contribution >= 4 is 28.3 Å². The summed E-state index contributed by atoms with van der Waals surface area (Å²) in [4.78, 5) is 25.1. The van der Waals surface area contributed by atoms with Crippen LogP contribution in [-0.4, -0.2) is 27.6 Å². The molecule has 4 bridgehead atoms. The van der Waals surface area contributed by atoms with E-state index in [-0.39, 0.29) is 22.8 Å². The first-order valence-corrected chi connectivity index (χ1v) is 11.2. The molecule has 0 radical (unpaired) electrons. The molecule has 148 valence electrons. The van der Waals surface area contributed by atoms with Crippen LogP contribution >= 0.6 is 11.3 Å². The summed E-state index contributed by atoms with van der Waals surface area (Å²) >= 11 is 1.50. The number of unbranched alkanes of at least 4 members (excludes halogenated alkanes) is 2. The van der Waals surface area contributed by atoms with Crippen molar-refractivity contribution in [1.82, 2.24) is 15.5 Å². The number of rotatable bonds is 7. The summed E-state index contributed by atoms with van der Waals surface area (Å²) in [7, 11) is 0. The average molecular weight is 391 g/mol. The highest BCUT2D eigenvalue weighted by Gasteiger charge is 2.60. The van der Waals surface area contributed by atoms with Crippen LogP contribution in [0.15, 0.2) is 0 Å². The molecule has 27 heavy (non-hydrogen) atoms. The fourth-order valence-electron chi connectivity index (χ4n) is 6.21. The number of nitrogens with zero attached hydrogens (tertiary/aromatic N) is 2.